The van der Waals surface area contributed by atoms with E-state index in [1.165, 1.54) is 24.8 Å². The molecule has 7 atom stereocenters. The smallest absolute Gasteiger partial charge is 0.328 e. The second-order valence-corrected chi connectivity index (χ2v) is 13.1. The molecule has 1 amide bonds. The maximum Gasteiger partial charge on any atom is 0.328 e. The van der Waals surface area contributed by atoms with E-state index in [4.69, 9.17) is 9.47 Å². The monoisotopic (exact) mass is 565 g/mol. The number of hydrogen-bond donors (Lipinski definition) is 2. The number of methoxy groups -OCH3 is 1. The van der Waals surface area contributed by atoms with Crippen LogP contribution in [-0.2, 0) is 35.1 Å². The first-order chi connectivity index (χ1) is 19.5. The number of carbonyl (C=O) groups is 4. The Morgan fingerprint density at radius 1 is 1.00 bits per heavy atom. The van der Waals surface area contributed by atoms with Crippen LogP contribution in [0.3, 0.4) is 0 Å². The molecule has 222 valence electrons. The molecule has 0 radical (unpaired) electrons. The standard InChI is InChI=1S/C33H43NO7/c1-32-16-14-23(36)19-21(32)6-9-24-25-10-11-28(33(25,2)17-15-26(24)32)41-30(38)13-12-29(37)34-27(31(39)40-3)18-20-4-7-22(35)8-5-20/h4-5,7-8,19,24-28,35H,6,9-18H2,1-3H3,(H,34,37)/t24-,25-,26-,27-,28+,32-,33-/m0/s1. The highest BCUT2D eigenvalue weighted by Crippen LogP contribution is 2.65. The second kappa shape index (κ2) is 11.6. The molecule has 0 aliphatic heterocycles. The van der Waals surface area contributed by atoms with Crippen molar-refractivity contribution >= 4 is 23.6 Å². The number of aromatic hydroxyl groups is 1. The summed E-state index contributed by atoms with van der Waals surface area (Å²) < 4.78 is 10.9. The number of phenolic OH excluding ortho intramolecular Hbond substituents is 1. The van der Waals surface area contributed by atoms with Crippen LogP contribution in [0, 0.1) is 28.6 Å². The number of hydrogen-bond acceptors (Lipinski definition) is 7. The minimum Gasteiger partial charge on any atom is -0.508 e. The number of phenols is 1. The Labute approximate surface area is 242 Å². The number of amides is 1. The lowest BCUT2D eigenvalue weighted by Crippen LogP contribution is -2.51. The molecule has 0 heterocycles. The Kier molecular flexibility index (Phi) is 8.31. The van der Waals surface area contributed by atoms with E-state index in [9.17, 15) is 24.3 Å². The zero-order chi connectivity index (χ0) is 29.4. The first kappa shape index (κ1) is 29.3. The Bertz CT molecular complexity index is 1220. The van der Waals surface area contributed by atoms with E-state index < -0.39 is 17.9 Å². The number of esters is 2. The molecule has 0 spiro atoms. The van der Waals surface area contributed by atoms with E-state index in [1.807, 2.05) is 6.08 Å². The third kappa shape index (κ3) is 5.80. The van der Waals surface area contributed by atoms with Crippen molar-refractivity contribution in [3.8, 4) is 5.75 Å². The summed E-state index contributed by atoms with van der Waals surface area (Å²) in [6.45, 7) is 4.66. The number of nitrogens with one attached hydrogen (secondary N) is 1. The Balaban J connectivity index is 1.15. The largest absolute Gasteiger partial charge is 0.508 e. The van der Waals surface area contributed by atoms with Gasteiger partial charge in [0.1, 0.15) is 17.9 Å². The second-order valence-electron chi connectivity index (χ2n) is 13.1. The van der Waals surface area contributed by atoms with Crippen molar-refractivity contribution in [2.75, 3.05) is 7.11 Å². The van der Waals surface area contributed by atoms with Gasteiger partial charge in [0.2, 0.25) is 5.91 Å². The first-order valence-corrected chi connectivity index (χ1v) is 15.1. The van der Waals surface area contributed by atoms with Gasteiger partial charge in [-0.3, -0.25) is 14.4 Å². The molecule has 1 aromatic rings. The van der Waals surface area contributed by atoms with Crippen LogP contribution in [0.4, 0.5) is 0 Å². The lowest BCUT2D eigenvalue weighted by atomic mass is 9.47. The molecule has 41 heavy (non-hydrogen) atoms. The van der Waals surface area contributed by atoms with Crippen LogP contribution >= 0.6 is 0 Å². The van der Waals surface area contributed by atoms with Gasteiger partial charge in [0.05, 0.1) is 13.5 Å². The molecule has 0 unspecified atom stereocenters. The quantitative estimate of drug-likeness (QED) is 0.434. The van der Waals surface area contributed by atoms with Crippen molar-refractivity contribution in [1.82, 2.24) is 5.32 Å². The predicted octanol–water partition coefficient (Wildman–Crippen LogP) is 4.82. The van der Waals surface area contributed by atoms with Crippen molar-refractivity contribution in [3.05, 3.63) is 41.5 Å². The first-order valence-electron chi connectivity index (χ1n) is 15.1. The summed E-state index contributed by atoms with van der Waals surface area (Å²) in [5, 5.41) is 12.2. The van der Waals surface area contributed by atoms with Gasteiger partial charge < -0.3 is 19.9 Å². The molecule has 2 N–H and O–H groups in total. The highest BCUT2D eigenvalue weighted by molar-refractivity contribution is 5.91. The summed E-state index contributed by atoms with van der Waals surface area (Å²) >= 11 is 0. The fraction of sp³-hybridized carbons (Fsp3) is 0.636. The van der Waals surface area contributed by atoms with E-state index in [0.29, 0.717) is 24.2 Å². The van der Waals surface area contributed by atoms with Crippen LogP contribution in [-0.4, -0.2) is 48.0 Å². The third-order valence-corrected chi connectivity index (χ3v) is 10.9. The van der Waals surface area contributed by atoms with Crippen molar-refractivity contribution in [2.45, 2.75) is 96.6 Å². The molecule has 0 saturated heterocycles. The van der Waals surface area contributed by atoms with Crippen LogP contribution < -0.4 is 5.32 Å². The summed E-state index contributed by atoms with van der Waals surface area (Å²) in [5.74, 6) is 0.677. The van der Waals surface area contributed by atoms with Gasteiger partial charge in [-0.15, -0.1) is 0 Å². The SMILES string of the molecule is COC(=O)[C@H](Cc1ccc(O)cc1)NC(=O)CCC(=O)O[C@@H]1CC[C@H]2[C@@H]3CCC4=CC(=O)CC[C@]4(C)[C@H]3CC[C@]12C. The van der Waals surface area contributed by atoms with Gasteiger partial charge in [-0.25, -0.2) is 4.79 Å². The number of allylic oxidation sites excluding steroid dienone is 1. The highest BCUT2D eigenvalue weighted by atomic mass is 16.5. The fourth-order valence-corrected chi connectivity index (χ4v) is 8.61. The van der Waals surface area contributed by atoms with Gasteiger partial charge in [0.25, 0.3) is 0 Å². The average Bonchev–Trinajstić information content (AvgIpc) is 3.28. The number of ketones is 1. The highest BCUT2D eigenvalue weighted by Gasteiger charge is 2.60. The number of fused-ring (bicyclic) bond motifs is 5. The molecular weight excluding hydrogens is 522 g/mol. The average molecular weight is 566 g/mol. The predicted molar refractivity (Wildman–Crippen MR) is 152 cm³/mol. The maximum absolute atomic E-state index is 12.9. The van der Waals surface area contributed by atoms with Crippen molar-refractivity contribution in [1.29, 1.82) is 0 Å². The molecule has 1 aromatic carbocycles. The number of ether oxygens (including phenoxy) is 2. The zero-order valence-corrected chi connectivity index (χ0v) is 24.4. The summed E-state index contributed by atoms with van der Waals surface area (Å²) in [7, 11) is 1.26. The van der Waals surface area contributed by atoms with E-state index in [1.54, 1.807) is 12.1 Å². The minimum absolute atomic E-state index is 0.0531. The van der Waals surface area contributed by atoms with E-state index in [0.717, 1.165) is 50.5 Å². The van der Waals surface area contributed by atoms with Gasteiger partial charge in [-0.2, -0.15) is 0 Å². The molecule has 3 fully saturated rings. The molecule has 3 saturated carbocycles. The van der Waals surface area contributed by atoms with Gasteiger partial charge in [-0.1, -0.05) is 31.6 Å². The normalized spacial score (nSPS) is 33.0. The molecule has 8 heteroatoms. The summed E-state index contributed by atoms with van der Waals surface area (Å²) in [5.41, 5.74) is 2.16. The van der Waals surface area contributed by atoms with Crippen LogP contribution in [0.15, 0.2) is 35.9 Å². The Morgan fingerprint density at radius 2 is 1.76 bits per heavy atom. The van der Waals surface area contributed by atoms with Crippen LogP contribution in [0.2, 0.25) is 0 Å². The van der Waals surface area contributed by atoms with Gasteiger partial charge in [0, 0.05) is 24.7 Å². The van der Waals surface area contributed by atoms with Gasteiger partial charge in [-0.05, 0) is 91.9 Å². The molecule has 4 aliphatic rings. The fourth-order valence-electron chi connectivity index (χ4n) is 8.61. The summed E-state index contributed by atoms with van der Waals surface area (Å²) in [4.78, 5) is 50.0. The molecule has 0 bridgehead atoms. The van der Waals surface area contributed by atoms with Crippen LogP contribution in [0.1, 0.15) is 83.6 Å². The third-order valence-electron chi connectivity index (χ3n) is 10.9. The zero-order valence-electron chi connectivity index (χ0n) is 24.4. The van der Waals surface area contributed by atoms with E-state index in [-0.39, 0.29) is 53.7 Å². The topological polar surface area (TPSA) is 119 Å². The summed E-state index contributed by atoms with van der Waals surface area (Å²) in [6, 6.07) is 5.49. The lowest BCUT2D eigenvalue weighted by molar-refractivity contribution is -0.160. The van der Waals surface area contributed by atoms with Crippen molar-refractivity contribution < 1.29 is 33.8 Å². The van der Waals surface area contributed by atoms with Crippen molar-refractivity contribution in [3.63, 3.8) is 0 Å². The Morgan fingerprint density at radius 3 is 2.49 bits per heavy atom. The molecular formula is C33H43NO7. The molecule has 4 aliphatic carbocycles. The van der Waals surface area contributed by atoms with Gasteiger partial charge in [0.15, 0.2) is 5.78 Å². The van der Waals surface area contributed by atoms with Crippen LogP contribution in [0.25, 0.3) is 0 Å². The van der Waals surface area contributed by atoms with Gasteiger partial charge >= 0.3 is 11.9 Å². The number of benzene rings is 1. The van der Waals surface area contributed by atoms with Crippen LogP contribution in [0.5, 0.6) is 5.75 Å². The minimum atomic E-state index is -0.896. The number of rotatable bonds is 8. The summed E-state index contributed by atoms with van der Waals surface area (Å²) in [6.07, 6.45) is 9.54. The Hall–Kier alpha value is -3.16. The molecule has 5 rings (SSSR count). The number of carbonyl (C=O) groups excluding carboxylic acids is 4. The molecule has 8 nitrogen and oxygen atoms in total. The van der Waals surface area contributed by atoms with Crippen molar-refractivity contribution in [2.24, 2.45) is 28.6 Å². The van der Waals surface area contributed by atoms with E-state index in [2.05, 4.69) is 19.2 Å². The van der Waals surface area contributed by atoms with E-state index >= 15 is 0 Å². The lowest BCUT2D eigenvalue weighted by Gasteiger charge is -2.57. The molecule has 0 aromatic heterocycles. The maximum atomic E-state index is 12.9.